The van der Waals surface area contributed by atoms with Crippen LogP contribution in [0.3, 0.4) is 0 Å². The van der Waals surface area contributed by atoms with Gasteiger partial charge >= 0.3 is 0 Å². The van der Waals surface area contributed by atoms with Crippen molar-refractivity contribution < 1.29 is 9.53 Å². The Morgan fingerprint density at radius 2 is 2.14 bits per heavy atom. The summed E-state index contributed by atoms with van der Waals surface area (Å²) in [5, 5.41) is 13.0. The van der Waals surface area contributed by atoms with Gasteiger partial charge in [-0.3, -0.25) is 15.1 Å². The highest BCUT2D eigenvalue weighted by molar-refractivity contribution is 7.14. The Morgan fingerprint density at radius 1 is 1.25 bits per heavy atom. The first-order valence-corrected chi connectivity index (χ1v) is 9.30. The van der Waals surface area contributed by atoms with Gasteiger partial charge in [0, 0.05) is 23.3 Å². The molecule has 0 atom stereocenters. The van der Waals surface area contributed by atoms with Gasteiger partial charge in [0.25, 0.3) is 5.91 Å². The zero-order valence-electron chi connectivity index (χ0n) is 14.9. The van der Waals surface area contributed by atoms with Crippen LogP contribution in [0.2, 0.25) is 0 Å². The summed E-state index contributed by atoms with van der Waals surface area (Å²) < 4.78 is 6.95. The Bertz CT molecular complexity index is 1090. The lowest BCUT2D eigenvalue weighted by Crippen LogP contribution is -2.12. The van der Waals surface area contributed by atoms with Crippen LogP contribution in [-0.2, 0) is 6.54 Å². The van der Waals surface area contributed by atoms with Gasteiger partial charge in [0.1, 0.15) is 5.75 Å². The van der Waals surface area contributed by atoms with Crippen molar-refractivity contribution in [3.63, 3.8) is 0 Å². The fourth-order valence-corrected chi connectivity index (χ4v) is 3.34. The second-order valence-corrected chi connectivity index (χ2v) is 6.71. The molecule has 1 aromatic carbocycles. The standard InChI is InChI=1S/C19H16N6O2S/c1-27-17-7-3-2-6-14(17)16-12-28-19(21-16)22-18(26)15-11-25(24-23-15)10-13-5-4-8-20-9-13/h2-9,11-12H,10H2,1H3,(H,21,22,26). The molecule has 1 amide bonds. The number of carbonyl (C=O) groups excluding carboxylic acids is 1. The molecule has 9 heteroatoms. The first-order chi connectivity index (χ1) is 13.7. The van der Waals surface area contributed by atoms with Crippen LogP contribution in [0.4, 0.5) is 5.13 Å². The van der Waals surface area contributed by atoms with Crippen molar-refractivity contribution >= 4 is 22.4 Å². The number of amides is 1. The van der Waals surface area contributed by atoms with Crippen LogP contribution in [0.5, 0.6) is 5.75 Å². The highest BCUT2D eigenvalue weighted by Gasteiger charge is 2.15. The molecular weight excluding hydrogens is 376 g/mol. The molecule has 0 radical (unpaired) electrons. The predicted octanol–water partition coefficient (Wildman–Crippen LogP) is 3.11. The second kappa shape index (κ2) is 7.97. The van der Waals surface area contributed by atoms with E-state index in [1.165, 1.54) is 11.3 Å². The number of anilines is 1. The minimum atomic E-state index is -0.363. The van der Waals surface area contributed by atoms with E-state index < -0.39 is 0 Å². The van der Waals surface area contributed by atoms with Crippen molar-refractivity contribution in [1.82, 2.24) is 25.0 Å². The molecule has 140 valence electrons. The summed E-state index contributed by atoms with van der Waals surface area (Å²) in [6, 6.07) is 11.4. The third-order valence-corrected chi connectivity index (χ3v) is 4.70. The molecule has 0 bridgehead atoms. The number of hydrogen-bond donors (Lipinski definition) is 1. The third-order valence-electron chi connectivity index (χ3n) is 3.95. The Hall–Kier alpha value is -3.59. The summed E-state index contributed by atoms with van der Waals surface area (Å²) >= 11 is 1.33. The second-order valence-electron chi connectivity index (χ2n) is 5.85. The number of pyridine rings is 1. The maximum atomic E-state index is 12.5. The van der Waals surface area contributed by atoms with Gasteiger partial charge in [-0.05, 0) is 23.8 Å². The maximum absolute atomic E-state index is 12.5. The SMILES string of the molecule is COc1ccccc1-c1csc(NC(=O)c2cn(Cc3cccnc3)nn2)n1. The summed E-state index contributed by atoms with van der Waals surface area (Å²) in [6.07, 6.45) is 5.05. The number of aromatic nitrogens is 5. The van der Waals surface area contributed by atoms with Crippen molar-refractivity contribution in [3.8, 4) is 17.0 Å². The molecule has 3 heterocycles. The minimum Gasteiger partial charge on any atom is -0.496 e. The normalized spacial score (nSPS) is 10.6. The number of rotatable bonds is 6. The molecule has 0 aliphatic rings. The Kier molecular flexibility index (Phi) is 5.07. The number of para-hydroxylation sites is 1. The maximum Gasteiger partial charge on any atom is 0.279 e. The zero-order chi connectivity index (χ0) is 19.3. The summed E-state index contributed by atoms with van der Waals surface area (Å²) in [6.45, 7) is 0.489. The lowest BCUT2D eigenvalue weighted by molar-refractivity contribution is 0.102. The van der Waals surface area contributed by atoms with E-state index >= 15 is 0 Å². The first-order valence-electron chi connectivity index (χ1n) is 8.42. The number of hydrogen-bond acceptors (Lipinski definition) is 7. The highest BCUT2D eigenvalue weighted by atomic mass is 32.1. The van der Waals surface area contributed by atoms with E-state index in [1.54, 1.807) is 30.4 Å². The topological polar surface area (TPSA) is 94.8 Å². The van der Waals surface area contributed by atoms with Crippen molar-refractivity contribution in [2.24, 2.45) is 0 Å². The van der Waals surface area contributed by atoms with E-state index in [9.17, 15) is 4.79 Å². The van der Waals surface area contributed by atoms with Gasteiger partial charge in [0.2, 0.25) is 0 Å². The van der Waals surface area contributed by atoms with Gasteiger partial charge in [0.05, 0.1) is 25.5 Å². The van der Waals surface area contributed by atoms with Crippen LogP contribution in [0.25, 0.3) is 11.3 Å². The van der Waals surface area contributed by atoms with Gasteiger partial charge < -0.3 is 4.74 Å². The molecule has 0 aliphatic heterocycles. The average Bonchev–Trinajstić information content (AvgIpc) is 3.38. The quantitative estimate of drug-likeness (QED) is 0.542. The van der Waals surface area contributed by atoms with Gasteiger partial charge in [0.15, 0.2) is 10.8 Å². The summed E-state index contributed by atoms with van der Waals surface area (Å²) in [5.74, 6) is 0.363. The van der Waals surface area contributed by atoms with Crippen LogP contribution in [0, 0.1) is 0 Å². The molecule has 0 spiro atoms. The smallest absolute Gasteiger partial charge is 0.279 e. The molecule has 0 fully saturated rings. The van der Waals surface area contributed by atoms with E-state index in [1.807, 2.05) is 41.8 Å². The van der Waals surface area contributed by atoms with E-state index in [-0.39, 0.29) is 11.6 Å². The predicted molar refractivity (Wildman–Crippen MR) is 105 cm³/mol. The highest BCUT2D eigenvalue weighted by Crippen LogP contribution is 2.31. The first kappa shape index (κ1) is 17.8. The van der Waals surface area contributed by atoms with Crippen molar-refractivity contribution in [2.75, 3.05) is 12.4 Å². The van der Waals surface area contributed by atoms with Crippen LogP contribution < -0.4 is 10.1 Å². The molecule has 0 unspecified atom stereocenters. The number of carbonyl (C=O) groups is 1. The van der Waals surface area contributed by atoms with Crippen LogP contribution in [0.15, 0.2) is 60.4 Å². The lowest BCUT2D eigenvalue weighted by Gasteiger charge is -2.04. The van der Waals surface area contributed by atoms with Crippen molar-refractivity contribution in [2.45, 2.75) is 6.54 Å². The Morgan fingerprint density at radius 3 is 2.96 bits per heavy atom. The fourth-order valence-electron chi connectivity index (χ4n) is 2.63. The molecule has 0 aliphatic carbocycles. The number of benzene rings is 1. The van der Waals surface area contributed by atoms with E-state index in [4.69, 9.17) is 4.74 Å². The Labute approximate surface area is 164 Å². The molecule has 4 rings (SSSR count). The van der Waals surface area contributed by atoms with Gasteiger partial charge in [-0.15, -0.1) is 16.4 Å². The summed E-state index contributed by atoms with van der Waals surface area (Å²) in [7, 11) is 1.61. The van der Waals surface area contributed by atoms with E-state index in [0.717, 1.165) is 22.6 Å². The molecule has 28 heavy (non-hydrogen) atoms. The molecule has 0 saturated heterocycles. The number of thiazole rings is 1. The molecular formula is C19H16N6O2S. The van der Waals surface area contributed by atoms with Crippen molar-refractivity contribution in [1.29, 1.82) is 0 Å². The number of nitrogens with zero attached hydrogens (tertiary/aromatic N) is 5. The lowest BCUT2D eigenvalue weighted by atomic mass is 10.1. The van der Waals surface area contributed by atoms with Gasteiger partial charge in [-0.25, -0.2) is 9.67 Å². The van der Waals surface area contributed by atoms with Crippen LogP contribution >= 0.6 is 11.3 Å². The monoisotopic (exact) mass is 392 g/mol. The molecule has 3 aromatic heterocycles. The summed E-state index contributed by atoms with van der Waals surface area (Å²) in [5.41, 5.74) is 2.79. The van der Waals surface area contributed by atoms with Crippen molar-refractivity contribution in [3.05, 3.63) is 71.6 Å². The number of nitrogens with one attached hydrogen (secondary N) is 1. The van der Waals surface area contributed by atoms with Crippen LogP contribution in [0.1, 0.15) is 16.1 Å². The average molecular weight is 392 g/mol. The minimum absolute atomic E-state index is 0.220. The zero-order valence-corrected chi connectivity index (χ0v) is 15.8. The van der Waals surface area contributed by atoms with Gasteiger partial charge in [-0.2, -0.15) is 0 Å². The van der Waals surface area contributed by atoms with E-state index in [0.29, 0.717) is 11.7 Å². The third kappa shape index (κ3) is 3.89. The summed E-state index contributed by atoms with van der Waals surface area (Å²) in [4.78, 5) is 21.0. The largest absolute Gasteiger partial charge is 0.496 e. The Balaban J connectivity index is 1.45. The van der Waals surface area contributed by atoms with Gasteiger partial charge in [-0.1, -0.05) is 23.4 Å². The van der Waals surface area contributed by atoms with Crippen LogP contribution in [-0.4, -0.2) is 38.0 Å². The molecule has 4 aromatic rings. The number of ether oxygens (including phenoxy) is 1. The molecule has 1 N–H and O–H groups in total. The molecule has 0 saturated carbocycles. The fraction of sp³-hybridized carbons (Fsp3) is 0.105. The molecule has 8 nitrogen and oxygen atoms in total. The van der Waals surface area contributed by atoms with E-state index in [2.05, 4.69) is 25.6 Å². The number of methoxy groups -OCH3 is 1.